The van der Waals surface area contributed by atoms with Crippen LogP contribution in [0.1, 0.15) is 63.1 Å². The van der Waals surface area contributed by atoms with Crippen molar-refractivity contribution >= 4 is 5.91 Å². The normalized spacial score (nSPS) is 17.2. The molecule has 25 heavy (non-hydrogen) atoms. The summed E-state index contributed by atoms with van der Waals surface area (Å²) in [6, 6.07) is 10.1. The molecule has 1 aliphatic heterocycles. The fourth-order valence-corrected chi connectivity index (χ4v) is 3.38. The molecule has 1 saturated heterocycles. The molecule has 0 unspecified atom stereocenters. The molecule has 0 N–H and O–H groups in total. The molecule has 0 spiro atoms. The average molecular weight is 338 g/mol. The third-order valence-electron chi connectivity index (χ3n) is 4.66. The first-order valence-electron chi connectivity index (χ1n) is 9.08. The smallest absolute Gasteiger partial charge is 0.223 e. The zero-order chi connectivity index (χ0) is 17.8. The van der Waals surface area contributed by atoms with Crippen molar-refractivity contribution in [3.05, 3.63) is 54.6 Å². The molecule has 1 atom stereocenters. The first-order chi connectivity index (χ1) is 12.1. The van der Waals surface area contributed by atoms with Crippen LogP contribution in [0.5, 0.6) is 0 Å². The van der Waals surface area contributed by atoms with Crippen LogP contribution in [0.4, 0.5) is 0 Å². The van der Waals surface area contributed by atoms with E-state index in [-0.39, 0.29) is 17.9 Å². The molecular formula is C21H26N2O2. The van der Waals surface area contributed by atoms with Crippen molar-refractivity contribution in [1.29, 1.82) is 0 Å². The summed E-state index contributed by atoms with van der Waals surface area (Å²) in [6.07, 6.45) is 4.90. The van der Waals surface area contributed by atoms with E-state index in [1.54, 1.807) is 6.08 Å². The van der Waals surface area contributed by atoms with Crippen molar-refractivity contribution in [1.82, 2.24) is 9.88 Å². The van der Waals surface area contributed by atoms with Crippen LogP contribution >= 0.6 is 0 Å². The van der Waals surface area contributed by atoms with E-state index in [9.17, 15) is 4.79 Å². The molecule has 0 saturated carbocycles. The lowest BCUT2D eigenvalue weighted by Crippen LogP contribution is -2.30. The number of likely N-dealkylation sites (tertiary alicyclic amines) is 1. The number of oxazole rings is 1. The standard InChI is InChI=1S/C21H26N2O2/c1-4-5-13-18(24)23-14-9-12-17(23)21-22-19(20(25-21)15(2)3)16-10-7-6-8-11-16/h4,6-8,10-11,15,17H,1,5,9,12-14H2,2-3H3/t17-/m1/s1. The van der Waals surface area contributed by atoms with Gasteiger partial charge in [0.15, 0.2) is 0 Å². The van der Waals surface area contributed by atoms with Crippen LogP contribution in [0.15, 0.2) is 47.4 Å². The van der Waals surface area contributed by atoms with Gasteiger partial charge in [-0.05, 0) is 19.3 Å². The van der Waals surface area contributed by atoms with Gasteiger partial charge in [0.2, 0.25) is 11.8 Å². The minimum atomic E-state index is -0.0488. The molecule has 0 radical (unpaired) electrons. The number of carbonyl (C=O) groups excluding carboxylic acids is 1. The summed E-state index contributed by atoms with van der Waals surface area (Å²) in [4.78, 5) is 19.2. The highest BCUT2D eigenvalue weighted by molar-refractivity contribution is 5.77. The van der Waals surface area contributed by atoms with E-state index in [1.165, 1.54) is 0 Å². The maximum absolute atomic E-state index is 12.5. The fraction of sp³-hybridized carbons (Fsp3) is 0.429. The molecule has 4 nitrogen and oxygen atoms in total. The van der Waals surface area contributed by atoms with Crippen LogP contribution < -0.4 is 0 Å². The van der Waals surface area contributed by atoms with Gasteiger partial charge in [-0.3, -0.25) is 4.79 Å². The van der Waals surface area contributed by atoms with Gasteiger partial charge in [-0.1, -0.05) is 50.3 Å². The predicted molar refractivity (Wildman–Crippen MR) is 99.1 cm³/mol. The molecule has 4 heteroatoms. The van der Waals surface area contributed by atoms with Crippen LogP contribution in [-0.2, 0) is 4.79 Å². The van der Waals surface area contributed by atoms with Gasteiger partial charge in [-0.15, -0.1) is 6.58 Å². The largest absolute Gasteiger partial charge is 0.442 e. The van der Waals surface area contributed by atoms with E-state index in [1.807, 2.05) is 23.1 Å². The van der Waals surface area contributed by atoms with E-state index in [2.05, 4.69) is 32.6 Å². The Balaban J connectivity index is 1.92. The molecule has 2 heterocycles. The number of amides is 1. The minimum Gasteiger partial charge on any atom is -0.442 e. The number of nitrogens with zero attached hydrogens (tertiary/aromatic N) is 2. The first kappa shape index (κ1) is 17.5. The lowest BCUT2D eigenvalue weighted by Gasteiger charge is -2.22. The number of allylic oxidation sites excluding steroid dienone is 1. The Labute approximate surface area is 149 Å². The maximum atomic E-state index is 12.5. The Morgan fingerprint density at radius 2 is 2.16 bits per heavy atom. The van der Waals surface area contributed by atoms with Gasteiger partial charge < -0.3 is 9.32 Å². The van der Waals surface area contributed by atoms with E-state index < -0.39 is 0 Å². The molecule has 1 aliphatic rings. The van der Waals surface area contributed by atoms with Crippen molar-refractivity contribution in [2.24, 2.45) is 0 Å². The summed E-state index contributed by atoms with van der Waals surface area (Å²) < 4.78 is 6.17. The summed E-state index contributed by atoms with van der Waals surface area (Å²) in [6.45, 7) is 8.70. The third-order valence-corrected chi connectivity index (χ3v) is 4.66. The fourth-order valence-electron chi connectivity index (χ4n) is 3.38. The van der Waals surface area contributed by atoms with Gasteiger partial charge in [0.05, 0.1) is 0 Å². The average Bonchev–Trinajstić information content (AvgIpc) is 3.27. The highest BCUT2D eigenvalue weighted by Crippen LogP contribution is 2.37. The van der Waals surface area contributed by atoms with Crippen LogP contribution in [0.25, 0.3) is 11.3 Å². The molecule has 1 fully saturated rings. The van der Waals surface area contributed by atoms with Gasteiger partial charge >= 0.3 is 0 Å². The van der Waals surface area contributed by atoms with Gasteiger partial charge in [0.25, 0.3) is 0 Å². The molecule has 132 valence electrons. The lowest BCUT2D eigenvalue weighted by molar-refractivity contribution is -0.132. The minimum absolute atomic E-state index is 0.0488. The third kappa shape index (κ3) is 3.68. The van der Waals surface area contributed by atoms with E-state index in [0.717, 1.165) is 36.4 Å². The predicted octanol–water partition coefficient (Wildman–Crippen LogP) is 5.09. The highest BCUT2D eigenvalue weighted by atomic mass is 16.4. The molecular weight excluding hydrogens is 312 g/mol. The van der Waals surface area contributed by atoms with E-state index in [0.29, 0.717) is 18.7 Å². The van der Waals surface area contributed by atoms with E-state index in [4.69, 9.17) is 9.40 Å². The second-order valence-corrected chi connectivity index (χ2v) is 6.86. The first-order valence-corrected chi connectivity index (χ1v) is 9.08. The Bertz CT molecular complexity index is 734. The number of hydrogen-bond acceptors (Lipinski definition) is 3. The van der Waals surface area contributed by atoms with Gasteiger partial charge in [0.1, 0.15) is 17.5 Å². The summed E-state index contributed by atoms with van der Waals surface area (Å²) in [5.41, 5.74) is 1.96. The maximum Gasteiger partial charge on any atom is 0.223 e. The zero-order valence-electron chi connectivity index (χ0n) is 15.1. The Hall–Kier alpha value is -2.36. The number of carbonyl (C=O) groups is 1. The zero-order valence-corrected chi connectivity index (χ0v) is 15.1. The van der Waals surface area contributed by atoms with Crippen molar-refractivity contribution in [3.8, 4) is 11.3 Å². The monoisotopic (exact) mass is 338 g/mol. The SMILES string of the molecule is C=CCCC(=O)N1CCC[C@@H]1c1nc(-c2ccccc2)c(C(C)C)o1. The second kappa shape index (κ2) is 7.68. The summed E-state index contributed by atoms with van der Waals surface area (Å²) in [7, 11) is 0. The molecule has 0 bridgehead atoms. The molecule has 1 aromatic carbocycles. The number of aromatic nitrogens is 1. The number of hydrogen-bond donors (Lipinski definition) is 0. The lowest BCUT2D eigenvalue weighted by atomic mass is 10.0. The number of rotatable bonds is 6. The van der Waals surface area contributed by atoms with Crippen LogP contribution in [-0.4, -0.2) is 22.3 Å². The Morgan fingerprint density at radius 3 is 2.84 bits per heavy atom. The Kier molecular flexibility index (Phi) is 5.37. The van der Waals surface area contributed by atoms with Gasteiger partial charge in [-0.25, -0.2) is 4.98 Å². The highest BCUT2D eigenvalue weighted by Gasteiger charge is 2.34. The van der Waals surface area contributed by atoms with Crippen molar-refractivity contribution in [2.45, 2.75) is 51.5 Å². The Morgan fingerprint density at radius 1 is 1.40 bits per heavy atom. The van der Waals surface area contributed by atoms with Crippen LogP contribution in [0.2, 0.25) is 0 Å². The summed E-state index contributed by atoms with van der Waals surface area (Å²) in [5, 5.41) is 0. The summed E-state index contributed by atoms with van der Waals surface area (Å²) >= 11 is 0. The quantitative estimate of drug-likeness (QED) is 0.689. The van der Waals surface area contributed by atoms with Crippen molar-refractivity contribution < 1.29 is 9.21 Å². The second-order valence-electron chi connectivity index (χ2n) is 6.86. The summed E-state index contributed by atoms with van der Waals surface area (Å²) in [5.74, 6) is 1.97. The number of benzene rings is 1. The molecule has 0 aliphatic carbocycles. The van der Waals surface area contributed by atoms with Gasteiger partial charge in [-0.2, -0.15) is 0 Å². The van der Waals surface area contributed by atoms with E-state index >= 15 is 0 Å². The molecule has 2 aromatic rings. The molecule has 3 rings (SSSR count). The topological polar surface area (TPSA) is 46.3 Å². The molecule has 1 aromatic heterocycles. The molecule has 1 amide bonds. The van der Waals surface area contributed by atoms with Crippen molar-refractivity contribution in [3.63, 3.8) is 0 Å². The van der Waals surface area contributed by atoms with Crippen molar-refractivity contribution in [2.75, 3.05) is 6.54 Å². The van der Waals surface area contributed by atoms with Gasteiger partial charge in [0, 0.05) is 24.4 Å². The van der Waals surface area contributed by atoms with Crippen LogP contribution in [0, 0.1) is 0 Å². The van der Waals surface area contributed by atoms with Crippen LogP contribution in [0.3, 0.4) is 0 Å².